The maximum atomic E-state index is 10.6. The van der Waals surface area contributed by atoms with Crippen molar-refractivity contribution in [2.24, 2.45) is 11.8 Å². The minimum atomic E-state index is -0.865. The lowest BCUT2D eigenvalue weighted by Gasteiger charge is -2.32. The van der Waals surface area contributed by atoms with E-state index in [1.54, 1.807) is 6.92 Å². The normalized spacial score (nSPS) is 35.2. The lowest BCUT2D eigenvalue weighted by molar-refractivity contribution is -0.154. The van der Waals surface area contributed by atoms with Gasteiger partial charge in [-0.05, 0) is 38.0 Å². The third kappa shape index (κ3) is 2.98. The average Bonchev–Trinajstić information content (AvgIpc) is 2.11. The summed E-state index contributed by atoms with van der Waals surface area (Å²) in [6, 6.07) is 0. The molecule has 0 radical (unpaired) electrons. The highest BCUT2D eigenvalue weighted by Crippen LogP contribution is 2.31. The smallest absolute Gasteiger partial charge is 0.332 e. The van der Waals surface area contributed by atoms with E-state index >= 15 is 0 Å². The number of hydrogen-bond acceptors (Lipinski definition) is 2. The molecule has 4 atom stereocenters. The van der Waals surface area contributed by atoms with Crippen molar-refractivity contribution in [1.29, 1.82) is 0 Å². The molecule has 0 amide bonds. The summed E-state index contributed by atoms with van der Waals surface area (Å²) in [6.07, 6.45) is 2.63. The number of carboxylic acid groups (broad SMARTS) is 1. The number of hydrogen-bond donors (Lipinski definition) is 1. The molecule has 0 aliphatic heterocycles. The Kier molecular flexibility index (Phi) is 3.93. The highest BCUT2D eigenvalue weighted by atomic mass is 16.5. The maximum Gasteiger partial charge on any atom is 0.332 e. The number of carboxylic acids is 1. The molecule has 0 spiro atoms. The van der Waals surface area contributed by atoms with Gasteiger partial charge in [-0.15, -0.1) is 0 Å². The van der Waals surface area contributed by atoms with Crippen LogP contribution in [0.1, 0.15) is 40.0 Å². The predicted octanol–water partition coefficient (Wildman–Crippen LogP) is 2.30. The van der Waals surface area contributed by atoms with Crippen molar-refractivity contribution in [2.45, 2.75) is 52.2 Å². The van der Waals surface area contributed by atoms with Crippen LogP contribution < -0.4 is 0 Å². The minimum absolute atomic E-state index is 0.146. The topological polar surface area (TPSA) is 46.5 Å². The largest absolute Gasteiger partial charge is 0.479 e. The third-order valence-electron chi connectivity index (χ3n) is 3.29. The fraction of sp³-hybridized carbons (Fsp3) is 0.909. The highest BCUT2D eigenvalue weighted by molar-refractivity contribution is 5.71. The standard InChI is InChI=1S/C11H20O3/c1-7-4-5-10(6-8(7)2)14-9(3)11(12)13/h7-10H,4-6H2,1-3H3,(H,12,13). The third-order valence-corrected chi connectivity index (χ3v) is 3.29. The second-order valence-corrected chi connectivity index (χ2v) is 4.51. The van der Waals surface area contributed by atoms with Crippen LogP contribution in [-0.2, 0) is 9.53 Å². The quantitative estimate of drug-likeness (QED) is 0.760. The first-order valence-corrected chi connectivity index (χ1v) is 5.39. The van der Waals surface area contributed by atoms with Crippen molar-refractivity contribution in [3.63, 3.8) is 0 Å². The number of rotatable bonds is 3. The van der Waals surface area contributed by atoms with Crippen LogP contribution in [0, 0.1) is 11.8 Å². The van der Waals surface area contributed by atoms with Gasteiger partial charge >= 0.3 is 5.97 Å². The van der Waals surface area contributed by atoms with Gasteiger partial charge in [-0.25, -0.2) is 4.79 Å². The van der Waals surface area contributed by atoms with Crippen LogP contribution in [0.15, 0.2) is 0 Å². The van der Waals surface area contributed by atoms with Gasteiger partial charge in [0.2, 0.25) is 0 Å². The Morgan fingerprint density at radius 2 is 2.00 bits per heavy atom. The molecule has 0 saturated heterocycles. The van der Waals surface area contributed by atoms with Crippen molar-refractivity contribution in [3.05, 3.63) is 0 Å². The molecule has 4 unspecified atom stereocenters. The Bertz CT molecular complexity index is 203. The summed E-state index contributed by atoms with van der Waals surface area (Å²) in [5.41, 5.74) is 0. The van der Waals surface area contributed by atoms with Crippen LogP contribution in [0.5, 0.6) is 0 Å². The molecule has 1 N–H and O–H groups in total. The fourth-order valence-corrected chi connectivity index (χ4v) is 1.97. The Morgan fingerprint density at radius 3 is 2.50 bits per heavy atom. The fourth-order valence-electron chi connectivity index (χ4n) is 1.97. The minimum Gasteiger partial charge on any atom is -0.479 e. The van der Waals surface area contributed by atoms with Gasteiger partial charge in [0.25, 0.3) is 0 Å². The Labute approximate surface area is 85.5 Å². The molecule has 14 heavy (non-hydrogen) atoms. The maximum absolute atomic E-state index is 10.6. The summed E-state index contributed by atoms with van der Waals surface area (Å²) in [5, 5.41) is 8.71. The molecule has 82 valence electrons. The van der Waals surface area contributed by atoms with Crippen molar-refractivity contribution < 1.29 is 14.6 Å². The Morgan fingerprint density at radius 1 is 1.36 bits per heavy atom. The van der Waals surface area contributed by atoms with E-state index in [1.165, 1.54) is 0 Å². The van der Waals surface area contributed by atoms with Crippen LogP contribution >= 0.6 is 0 Å². The zero-order valence-electron chi connectivity index (χ0n) is 9.19. The molecule has 3 heteroatoms. The average molecular weight is 200 g/mol. The summed E-state index contributed by atoms with van der Waals surface area (Å²) in [5.74, 6) is 0.529. The van der Waals surface area contributed by atoms with Gasteiger partial charge in [0.1, 0.15) is 0 Å². The summed E-state index contributed by atoms with van der Waals surface area (Å²) < 4.78 is 5.47. The highest BCUT2D eigenvalue weighted by Gasteiger charge is 2.27. The number of aliphatic carboxylic acids is 1. The molecule has 0 bridgehead atoms. The lowest BCUT2D eigenvalue weighted by Crippen LogP contribution is -2.32. The molecule has 1 rings (SSSR count). The molecule has 0 aromatic rings. The van der Waals surface area contributed by atoms with E-state index in [1.807, 2.05) is 0 Å². The molecular weight excluding hydrogens is 180 g/mol. The van der Waals surface area contributed by atoms with Gasteiger partial charge in [-0.2, -0.15) is 0 Å². The van der Waals surface area contributed by atoms with Gasteiger partial charge in [-0.1, -0.05) is 13.8 Å². The molecule has 0 aromatic carbocycles. The van der Waals surface area contributed by atoms with Crippen molar-refractivity contribution >= 4 is 5.97 Å². The van der Waals surface area contributed by atoms with Gasteiger partial charge in [0.15, 0.2) is 6.10 Å². The van der Waals surface area contributed by atoms with E-state index in [-0.39, 0.29) is 6.10 Å². The lowest BCUT2D eigenvalue weighted by atomic mass is 9.80. The first kappa shape index (κ1) is 11.5. The molecular formula is C11H20O3. The molecule has 1 saturated carbocycles. The second-order valence-electron chi connectivity index (χ2n) is 4.51. The Balaban J connectivity index is 2.36. The number of ether oxygens (including phenoxy) is 1. The van der Waals surface area contributed by atoms with Gasteiger partial charge in [-0.3, -0.25) is 0 Å². The van der Waals surface area contributed by atoms with E-state index < -0.39 is 12.1 Å². The predicted molar refractivity (Wildman–Crippen MR) is 54.1 cm³/mol. The van der Waals surface area contributed by atoms with E-state index in [0.29, 0.717) is 5.92 Å². The summed E-state index contributed by atoms with van der Waals surface area (Å²) in [6.45, 7) is 6.07. The van der Waals surface area contributed by atoms with Crippen molar-refractivity contribution in [2.75, 3.05) is 0 Å². The van der Waals surface area contributed by atoms with Crippen LogP contribution in [0.2, 0.25) is 0 Å². The SMILES string of the molecule is CC(OC1CCC(C)C(C)C1)C(=O)O. The molecule has 1 aliphatic rings. The van der Waals surface area contributed by atoms with E-state index in [0.717, 1.165) is 25.2 Å². The molecule has 0 aromatic heterocycles. The zero-order chi connectivity index (χ0) is 10.7. The summed E-state index contributed by atoms with van der Waals surface area (Å²) in [7, 11) is 0. The molecule has 1 aliphatic carbocycles. The van der Waals surface area contributed by atoms with Gasteiger partial charge in [0, 0.05) is 0 Å². The van der Waals surface area contributed by atoms with Crippen molar-refractivity contribution in [3.8, 4) is 0 Å². The monoisotopic (exact) mass is 200 g/mol. The van der Waals surface area contributed by atoms with Gasteiger partial charge in [0.05, 0.1) is 6.10 Å². The van der Waals surface area contributed by atoms with Crippen molar-refractivity contribution in [1.82, 2.24) is 0 Å². The summed E-state index contributed by atoms with van der Waals surface area (Å²) in [4.78, 5) is 10.6. The van der Waals surface area contributed by atoms with E-state index in [2.05, 4.69) is 13.8 Å². The first-order chi connectivity index (χ1) is 6.50. The van der Waals surface area contributed by atoms with Crippen LogP contribution in [0.3, 0.4) is 0 Å². The van der Waals surface area contributed by atoms with Crippen LogP contribution in [0.4, 0.5) is 0 Å². The molecule has 1 fully saturated rings. The first-order valence-electron chi connectivity index (χ1n) is 5.39. The second kappa shape index (κ2) is 4.78. The summed E-state index contributed by atoms with van der Waals surface area (Å²) >= 11 is 0. The Hall–Kier alpha value is -0.570. The zero-order valence-corrected chi connectivity index (χ0v) is 9.19. The van der Waals surface area contributed by atoms with E-state index in [4.69, 9.17) is 9.84 Å². The van der Waals surface area contributed by atoms with E-state index in [9.17, 15) is 4.79 Å². The molecule has 3 nitrogen and oxygen atoms in total. The van der Waals surface area contributed by atoms with Crippen LogP contribution in [0.25, 0.3) is 0 Å². The number of carbonyl (C=O) groups is 1. The van der Waals surface area contributed by atoms with Crippen LogP contribution in [-0.4, -0.2) is 23.3 Å². The van der Waals surface area contributed by atoms with Gasteiger partial charge < -0.3 is 9.84 Å². The molecule has 0 heterocycles.